The van der Waals surface area contributed by atoms with E-state index in [0.29, 0.717) is 0 Å². The standard InChI is InChI=1S/C6H6O3.C6H6/c7-6(8)5-3-1-2-4-9-5;1-2-4-6-5-3-1/h1-5H,(H,7,8);1-6H. The van der Waals surface area contributed by atoms with Crippen LogP contribution in [0, 0.1) is 0 Å². The van der Waals surface area contributed by atoms with Crippen LogP contribution in [0.25, 0.3) is 0 Å². The van der Waals surface area contributed by atoms with Crippen LogP contribution in [0.1, 0.15) is 0 Å². The van der Waals surface area contributed by atoms with Crippen LogP contribution in [0.5, 0.6) is 0 Å². The van der Waals surface area contributed by atoms with Gasteiger partial charge in [-0.2, -0.15) is 0 Å². The van der Waals surface area contributed by atoms with Crippen molar-refractivity contribution in [2.24, 2.45) is 0 Å². The smallest absolute Gasteiger partial charge is 0.349 e. The Labute approximate surface area is 88.3 Å². The van der Waals surface area contributed by atoms with Gasteiger partial charge in [0.1, 0.15) is 0 Å². The molecule has 0 aromatic heterocycles. The van der Waals surface area contributed by atoms with Crippen molar-refractivity contribution in [3.63, 3.8) is 0 Å². The maximum atomic E-state index is 10.1. The highest BCUT2D eigenvalue weighted by atomic mass is 16.5. The summed E-state index contributed by atoms with van der Waals surface area (Å²) in [6.45, 7) is 0. The van der Waals surface area contributed by atoms with Crippen molar-refractivity contribution in [1.29, 1.82) is 0 Å². The van der Waals surface area contributed by atoms with Gasteiger partial charge in [0.05, 0.1) is 6.26 Å². The van der Waals surface area contributed by atoms with Gasteiger partial charge in [-0.3, -0.25) is 0 Å². The quantitative estimate of drug-likeness (QED) is 0.763. The first-order valence-electron chi connectivity index (χ1n) is 4.52. The van der Waals surface area contributed by atoms with Crippen LogP contribution in [-0.4, -0.2) is 17.2 Å². The van der Waals surface area contributed by atoms with Crippen molar-refractivity contribution < 1.29 is 14.6 Å². The predicted octanol–water partition coefficient (Wildman–Crippen LogP) is 2.23. The van der Waals surface area contributed by atoms with Gasteiger partial charge in [0.25, 0.3) is 0 Å². The SMILES string of the molecule is O=C(O)C1C=CC=CO1.c1ccccc1. The van der Waals surface area contributed by atoms with Crippen molar-refractivity contribution in [2.75, 3.05) is 0 Å². The van der Waals surface area contributed by atoms with Gasteiger partial charge in [-0.1, -0.05) is 42.5 Å². The highest BCUT2D eigenvalue weighted by Crippen LogP contribution is 2.00. The Morgan fingerprint density at radius 3 is 1.80 bits per heavy atom. The van der Waals surface area contributed by atoms with Crippen molar-refractivity contribution in [2.45, 2.75) is 6.10 Å². The zero-order valence-corrected chi connectivity index (χ0v) is 8.11. The van der Waals surface area contributed by atoms with Gasteiger partial charge in [-0.25, -0.2) is 4.79 Å². The second-order valence-corrected chi connectivity index (χ2v) is 2.76. The van der Waals surface area contributed by atoms with Gasteiger partial charge in [-0.15, -0.1) is 0 Å². The third kappa shape index (κ3) is 4.67. The number of rotatable bonds is 1. The molecular formula is C12H12O3. The summed E-state index contributed by atoms with van der Waals surface area (Å²) in [7, 11) is 0. The molecule has 15 heavy (non-hydrogen) atoms. The van der Waals surface area contributed by atoms with Gasteiger partial charge < -0.3 is 9.84 Å². The second kappa shape index (κ2) is 6.43. The number of carboxylic acids is 1. The monoisotopic (exact) mass is 204 g/mol. The lowest BCUT2D eigenvalue weighted by Crippen LogP contribution is -2.19. The molecule has 1 aromatic rings. The minimum Gasteiger partial charge on any atom is -0.482 e. The van der Waals surface area contributed by atoms with Crippen molar-refractivity contribution >= 4 is 5.97 Å². The molecule has 0 fully saturated rings. The second-order valence-electron chi connectivity index (χ2n) is 2.76. The lowest BCUT2D eigenvalue weighted by molar-refractivity contribution is -0.144. The predicted molar refractivity (Wildman–Crippen MR) is 57.2 cm³/mol. The fraction of sp³-hybridized carbons (Fsp3) is 0.0833. The van der Waals surface area contributed by atoms with Crippen LogP contribution in [0.3, 0.4) is 0 Å². The molecule has 78 valence electrons. The third-order valence-corrected chi connectivity index (χ3v) is 1.61. The fourth-order valence-electron chi connectivity index (χ4n) is 0.911. The van der Waals surface area contributed by atoms with Gasteiger partial charge in [0.2, 0.25) is 6.10 Å². The molecule has 1 unspecified atom stereocenters. The minimum atomic E-state index is -0.962. The Bertz CT molecular complexity index is 314. The van der Waals surface area contributed by atoms with Crippen LogP contribution in [-0.2, 0) is 9.53 Å². The van der Waals surface area contributed by atoms with Crippen LogP contribution in [0.15, 0.2) is 60.9 Å². The van der Waals surface area contributed by atoms with Gasteiger partial charge in [0.15, 0.2) is 0 Å². The summed E-state index contributed by atoms with van der Waals surface area (Å²) in [4.78, 5) is 10.1. The fourth-order valence-corrected chi connectivity index (χ4v) is 0.911. The molecule has 1 aliphatic heterocycles. The highest BCUT2D eigenvalue weighted by molar-refractivity contribution is 5.75. The summed E-state index contributed by atoms with van der Waals surface area (Å²) in [5, 5.41) is 8.33. The molecule has 1 aliphatic rings. The number of ether oxygens (including phenoxy) is 1. The van der Waals surface area contributed by atoms with Gasteiger partial charge in [-0.05, 0) is 12.2 Å². The number of benzene rings is 1. The molecule has 3 heteroatoms. The van der Waals surface area contributed by atoms with E-state index < -0.39 is 12.1 Å². The summed E-state index contributed by atoms with van der Waals surface area (Å²) in [5.74, 6) is -0.962. The average molecular weight is 204 g/mol. The summed E-state index contributed by atoms with van der Waals surface area (Å²) >= 11 is 0. The summed E-state index contributed by atoms with van der Waals surface area (Å²) in [6.07, 6.45) is 5.32. The van der Waals surface area contributed by atoms with E-state index in [-0.39, 0.29) is 0 Å². The maximum Gasteiger partial charge on any atom is 0.349 e. The summed E-state index contributed by atoms with van der Waals surface area (Å²) < 4.78 is 4.67. The largest absolute Gasteiger partial charge is 0.482 e. The number of carboxylic acid groups (broad SMARTS) is 1. The molecule has 0 saturated carbocycles. The zero-order valence-electron chi connectivity index (χ0n) is 8.11. The maximum absolute atomic E-state index is 10.1. The number of aliphatic carboxylic acids is 1. The first kappa shape index (κ1) is 11.0. The van der Waals surface area contributed by atoms with E-state index in [0.717, 1.165) is 0 Å². The van der Waals surface area contributed by atoms with Crippen LogP contribution >= 0.6 is 0 Å². The molecule has 1 N–H and O–H groups in total. The molecule has 0 saturated heterocycles. The Morgan fingerprint density at radius 1 is 1.00 bits per heavy atom. The molecule has 0 aliphatic carbocycles. The van der Waals surface area contributed by atoms with Gasteiger partial charge in [0, 0.05) is 0 Å². The van der Waals surface area contributed by atoms with E-state index in [1.165, 1.54) is 12.3 Å². The first-order valence-corrected chi connectivity index (χ1v) is 4.52. The molecule has 0 radical (unpaired) electrons. The summed E-state index contributed by atoms with van der Waals surface area (Å²) in [5.41, 5.74) is 0. The molecule has 0 spiro atoms. The van der Waals surface area contributed by atoms with E-state index in [9.17, 15) is 4.79 Å². The normalized spacial score (nSPS) is 17.2. The van der Waals surface area contributed by atoms with E-state index in [1.807, 2.05) is 36.4 Å². The Balaban J connectivity index is 0.000000162. The average Bonchev–Trinajstić information content (AvgIpc) is 2.33. The highest BCUT2D eigenvalue weighted by Gasteiger charge is 2.13. The van der Waals surface area contributed by atoms with E-state index >= 15 is 0 Å². The molecule has 3 nitrogen and oxygen atoms in total. The minimum absolute atomic E-state index is 0.796. The number of hydrogen-bond acceptors (Lipinski definition) is 2. The Hall–Kier alpha value is -2.03. The molecule has 1 atom stereocenters. The van der Waals surface area contributed by atoms with E-state index in [2.05, 4.69) is 4.74 Å². The van der Waals surface area contributed by atoms with Crippen LogP contribution in [0.4, 0.5) is 0 Å². The molecule has 0 amide bonds. The van der Waals surface area contributed by atoms with Crippen molar-refractivity contribution in [3.05, 3.63) is 60.9 Å². The van der Waals surface area contributed by atoms with Crippen LogP contribution in [0.2, 0.25) is 0 Å². The first-order chi connectivity index (χ1) is 7.30. The number of hydrogen-bond donors (Lipinski definition) is 1. The van der Waals surface area contributed by atoms with E-state index in [4.69, 9.17) is 5.11 Å². The molecule has 0 bridgehead atoms. The zero-order chi connectivity index (χ0) is 10.9. The number of carbonyl (C=O) groups is 1. The van der Waals surface area contributed by atoms with Crippen molar-refractivity contribution in [3.8, 4) is 0 Å². The Morgan fingerprint density at radius 2 is 1.53 bits per heavy atom. The topological polar surface area (TPSA) is 46.5 Å². The van der Waals surface area contributed by atoms with Gasteiger partial charge >= 0.3 is 5.97 Å². The molecular weight excluding hydrogens is 192 g/mol. The molecule has 2 rings (SSSR count). The molecule has 1 aromatic carbocycles. The van der Waals surface area contributed by atoms with E-state index in [1.54, 1.807) is 12.2 Å². The lowest BCUT2D eigenvalue weighted by atomic mass is 10.3. The Kier molecular flexibility index (Phi) is 4.73. The van der Waals surface area contributed by atoms with Crippen molar-refractivity contribution in [1.82, 2.24) is 0 Å². The number of allylic oxidation sites excluding steroid dienone is 2. The lowest BCUT2D eigenvalue weighted by Gasteiger charge is -2.08. The third-order valence-electron chi connectivity index (χ3n) is 1.61. The van der Waals surface area contributed by atoms with Crippen LogP contribution < -0.4 is 0 Å². The summed E-state index contributed by atoms with van der Waals surface area (Å²) in [6, 6.07) is 12.0. The molecule has 1 heterocycles.